The van der Waals surface area contributed by atoms with Crippen LogP contribution in [-0.4, -0.2) is 42.8 Å². The number of rotatable bonds is 4. The number of likely N-dealkylation sites (N-methyl/N-ethyl adjacent to an activating group) is 1. The lowest BCUT2D eigenvalue weighted by atomic mass is 10.1. The molecule has 1 atom stereocenters. The van der Waals surface area contributed by atoms with E-state index >= 15 is 0 Å². The van der Waals surface area contributed by atoms with Gasteiger partial charge in [0.15, 0.2) is 0 Å². The van der Waals surface area contributed by atoms with E-state index in [1.807, 2.05) is 13.8 Å². The zero-order valence-corrected chi connectivity index (χ0v) is 15.8. The Labute approximate surface area is 152 Å². The summed E-state index contributed by atoms with van der Waals surface area (Å²) < 4.78 is 0. The van der Waals surface area contributed by atoms with E-state index in [0.717, 1.165) is 10.5 Å². The van der Waals surface area contributed by atoms with Crippen LogP contribution in [-0.2, 0) is 14.4 Å². The van der Waals surface area contributed by atoms with Crippen molar-refractivity contribution in [3.8, 4) is 0 Å². The summed E-state index contributed by atoms with van der Waals surface area (Å²) in [5, 5.41) is 3.44. The molecule has 2 rings (SSSR count). The van der Waals surface area contributed by atoms with Crippen LogP contribution in [0.1, 0.15) is 27.2 Å². The molecule has 0 saturated carbocycles. The minimum Gasteiger partial charge on any atom is -0.373 e. The van der Waals surface area contributed by atoms with Gasteiger partial charge in [-0.25, -0.2) is 4.90 Å². The van der Waals surface area contributed by atoms with E-state index in [2.05, 4.69) is 5.32 Å². The molecule has 3 amide bonds. The minimum atomic E-state index is -0.499. The summed E-state index contributed by atoms with van der Waals surface area (Å²) in [5.74, 6) is -0.691. The molecule has 1 fully saturated rings. The Morgan fingerprint density at radius 3 is 2.44 bits per heavy atom. The van der Waals surface area contributed by atoms with Crippen molar-refractivity contribution >= 4 is 40.7 Å². The number of nitrogens with one attached hydrogen (secondary N) is 1. The molecule has 134 valence electrons. The van der Waals surface area contributed by atoms with Crippen LogP contribution in [0, 0.1) is 0 Å². The van der Waals surface area contributed by atoms with Crippen LogP contribution in [0.3, 0.4) is 0 Å². The summed E-state index contributed by atoms with van der Waals surface area (Å²) in [4.78, 5) is 39.4. The number of allylic oxidation sites excluding steroid dienone is 1. The molecule has 0 radical (unpaired) electrons. The molecule has 1 aromatic carbocycles. The molecule has 1 saturated heterocycles. The van der Waals surface area contributed by atoms with Crippen LogP contribution in [0.2, 0.25) is 5.02 Å². The van der Waals surface area contributed by atoms with Crippen molar-refractivity contribution in [2.75, 3.05) is 24.3 Å². The molecule has 1 unspecified atom stereocenters. The highest BCUT2D eigenvalue weighted by Crippen LogP contribution is 2.33. The molecule has 6 nitrogen and oxygen atoms in total. The lowest BCUT2D eigenvalue weighted by Gasteiger charge is -2.21. The standard InChI is InChI=1S/C18H22ClN3O3/c1-10(2)13-9-16(23)22(18(13)25)12-6-7-14(19)15(8-12)20-11(3)17(24)21(4)5/h6-8,11,20H,9H2,1-5H3. The third kappa shape index (κ3) is 3.85. The van der Waals surface area contributed by atoms with Gasteiger partial charge in [-0.15, -0.1) is 0 Å². The van der Waals surface area contributed by atoms with Gasteiger partial charge in [-0.1, -0.05) is 17.2 Å². The van der Waals surface area contributed by atoms with Gasteiger partial charge in [0.1, 0.15) is 6.04 Å². The Balaban J connectivity index is 2.33. The molecule has 7 heteroatoms. The molecule has 1 aliphatic heterocycles. The van der Waals surface area contributed by atoms with E-state index < -0.39 is 6.04 Å². The topological polar surface area (TPSA) is 69.7 Å². The van der Waals surface area contributed by atoms with Crippen molar-refractivity contribution in [1.82, 2.24) is 4.90 Å². The second-order valence-corrected chi connectivity index (χ2v) is 6.86. The lowest BCUT2D eigenvalue weighted by molar-refractivity contribution is -0.129. The number of carbonyl (C=O) groups is 3. The highest BCUT2D eigenvalue weighted by molar-refractivity contribution is 6.34. The summed E-state index contributed by atoms with van der Waals surface area (Å²) in [7, 11) is 3.34. The van der Waals surface area contributed by atoms with Crippen molar-refractivity contribution in [2.24, 2.45) is 0 Å². The molecule has 0 aromatic heterocycles. The smallest absolute Gasteiger partial charge is 0.261 e. The van der Waals surface area contributed by atoms with Crippen LogP contribution < -0.4 is 10.2 Å². The van der Waals surface area contributed by atoms with Gasteiger partial charge in [-0.05, 0) is 39.0 Å². The normalized spacial score (nSPS) is 15.4. The number of nitrogens with zero attached hydrogens (tertiary/aromatic N) is 2. The predicted octanol–water partition coefficient (Wildman–Crippen LogP) is 2.83. The molecule has 1 aliphatic rings. The highest BCUT2D eigenvalue weighted by Gasteiger charge is 2.35. The number of hydrogen-bond acceptors (Lipinski definition) is 4. The van der Waals surface area contributed by atoms with Gasteiger partial charge in [0.25, 0.3) is 5.91 Å². The zero-order chi connectivity index (χ0) is 18.9. The number of imide groups is 1. The first-order valence-corrected chi connectivity index (χ1v) is 8.32. The quantitative estimate of drug-likeness (QED) is 0.659. The van der Waals surface area contributed by atoms with E-state index in [4.69, 9.17) is 11.6 Å². The number of hydrogen-bond donors (Lipinski definition) is 1. The Hall–Kier alpha value is -2.34. The summed E-state index contributed by atoms with van der Waals surface area (Å²) in [6.07, 6.45) is 0.0993. The summed E-state index contributed by atoms with van der Waals surface area (Å²) in [5.41, 5.74) is 2.28. The van der Waals surface area contributed by atoms with E-state index in [1.54, 1.807) is 39.2 Å². The SMILES string of the molecule is CC(C)=C1CC(=O)N(c2ccc(Cl)c(NC(C)C(=O)N(C)C)c2)C1=O. The Morgan fingerprint density at radius 1 is 1.28 bits per heavy atom. The maximum absolute atomic E-state index is 12.5. The molecule has 1 heterocycles. The summed E-state index contributed by atoms with van der Waals surface area (Å²) >= 11 is 6.20. The van der Waals surface area contributed by atoms with Crippen molar-refractivity contribution in [1.29, 1.82) is 0 Å². The molecule has 1 N–H and O–H groups in total. The van der Waals surface area contributed by atoms with Gasteiger partial charge in [0.2, 0.25) is 11.8 Å². The maximum Gasteiger partial charge on any atom is 0.261 e. The van der Waals surface area contributed by atoms with Gasteiger partial charge in [0, 0.05) is 19.7 Å². The van der Waals surface area contributed by atoms with Crippen LogP contribution in [0.15, 0.2) is 29.3 Å². The minimum absolute atomic E-state index is 0.0993. The average Bonchev–Trinajstić information content (AvgIpc) is 2.83. The first-order valence-electron chi connectivity index (χ1n) is 7.94. The second kappa shape index (κ2) is 7.27. The van der Waals surface area contributed by atoms with Gasteiger partial charge in [0.05, 0.1) is 22.8 Å². The highest BCUT2D eigenvalue weighted by atomic mass is 35.5. The van der Waals surface area contributed by atoms with Crippen molar-refractivity contribution in [2.45, 2.75) is 33.2 Å². The monoisotopic (exact) mass is 363 g/mol. The number of amides is 3. The van der Waals surface area contributed by atoms with Crippen molar-refractivity contribution in [3.63, 3.8) is 0 Å². The van der Waals surface area contributed by atoms with Crippen molar-refractivity contribution < 1.29 is 14.4 Å². The number of carbonyl (C=O) groups excluding carboxylic acids is 3. The van der Waals surface area contributed by atoms with Gasteiger partial charge in [-0.3, -0.25) is 14.4 Å². The fraction of sp³-hybridized carbons (Fsp3) is 0.389. The Bertz CT molecular complexity index is 767. The first-order chi connectivity index (χ1) is 11.6. The average molecular weight is 364 g/mol. The molecule has 0 spiro atoms. The Morgan fingerprint density at radius 2 is 1.92 bits per heavy atom. The largest absolute Gasteiger partial charge is 0.373 e. The number of benzene rings is 1. The Kier molecular flexibility index (Phi) is 5.52. The van der Waals surface area contributed by atoms with Crippen LogP contribution in [0.25, 0.3) is 0 Å². The van der Waals surface area contributed by atoms with Gasteiger partial charge >= 0.3 is 0 Å². The molecule has 1 aromatic rings. The summed E-state index contributed by atoms with van der Waals surface area (Å²) in [6, 6.07) is 4.34. The lowest BCUT2D eigenvalue weighted by Crippen LogP contribution is -2.36. The van der Waals surface area contributed by atoms with Gasteiger partial charge < -0.3 is 10.2 Å². The van der Waals surface area contributed by atoms with Gasteiger partial charge in [-0.2, -0.15) is 0 Å². The molecular weight excluding hydrogens is 342 g/mol. The number of anilines is 2. The molecule has 0 bridgehead atoms. The molecule has 0 aliphatic carbocycles. The first kappa shape index (κ1) is 19.0. The molecular formula is C18H22ClN3O3. The number of halogens is 1. The fourth-order valence-corrected chi connectivity index (χ4v) is 2.82. The third-order valence-corrected chi connectivity index (χ3v) is 4.36. The summed E-state index contributed by atoms with van der Waals surface area (Å²) in [6.45, 7) is 5.35. The van der Waals surface area contributed by atoms with Crippen LogP contribution >= 0.6 is 11.6 Å². The van der Waals surface area contributed by atoms with Crippen LogP contribution in [0.5, 0.6) is 0 Å². The zero-order valence-electron chi connectivity index (χ0n) is 15.0. The van der Waals surface area contributed by atoms with E-state index in [-0.39, 0.29) is 24.1 Å². The third-order valence-electron chi connectivity index (χ3n) is 4.03. The predicted molar refractivity (Wildman–Crippen MR) is 98.7 cm³/mol. The van der Waals surface area contributed by atoms with Crippen LogP contribution in [0.4, 0.5) is 11.4 Å². The van der Waals surface area contributed by atoms with E-state index in [1.165, 1.54) is 4.90 Å². The maximum atomic E-state index is 12.5. The van der Waals surface area contributed by atoms with E-state index in [9.17, 15) is 14.4 Å². The van der Waals surface area contributed by atoms with E-state index in [0.29, 0.717) is 22.0 Å². The fourth-order valence-electron chi connectivity index (χ4n) is 2.65. The van der Waals surface area contributed by atoms with Crippen molar-refractivity contribution in [3.05, 3.63) is 34.4 Å². The second-order valence-electron chi connectivity index (χ2n) is 6.45. The molecule has 25 heavy (non-hydrogen) atoms.